The molecule has 3 amide bonds. The lowest BCUT2D eigenvalue weighted by Crippen LogP contribution is -3.14. The van der Waals surface area contributed by atoms with Crippen molar-refractivity contribution in [3.05, 3.63) is 24.3 Å². The van der Waals surface area contributed by atoms with Crippen LogP contribution in [-0.2, 0) is 4.79 Å². The Balaban J connectivity index is 1.16. The molecule has 0 saturated carbocycles. The first-order valence-corrected chi connectivity index (χ1v) is 10.2. The lowest BCUT2D eigenvalue weighted by atomic mass is 10.2. The largest absolute Gasteiger partial charge is 0.399 e. The molecule has 0 unspecified atom stereocenters. The summed E-state index contributed by atoms with van der Waals surface area (Å²) in [4.78, 5) is 31.9. The Morgan fingerprint density at radius 2 is 1.78 bits per heavy atom. The van der Waals surface area contributed by atoms with Crippen LogP contribution in [0.15, 0.2) is 24.3 Å². The molecule has 0 spiro atoms. The highest BCUT2D eigenvalue weighted by molar-refractivity contribution is 6.04. The van der Waals surface area contributed by atoms with Gasteiger partial charge in [-0.15, -0.1) is 0 Å². The number of urea groups is 1. The number of carbonyl (C=O) groups excluding carboxylic acids is 2. The van der Waals surface area contributed by atoms with E-state index in [1.54, 1.807) is 9.80 Å². The minimum absolute atomic E-state index is 0.0296. The molecule has 7 heteroatoms. The van der Waals surface area contributed by atoms with E-state index in [-0.39, 0.29) is 18.0 Å². The van der Waals surface area contributed by atoms with Gasteiger partial charge in [-0.05, 0) is 49.9 Å². The molecular formula is C20H30N5O2+. The number of nitrogen functional groups attached to an aromatic ring is 1. The Labute approximate surface area is 160 Å². The van der Waals surface area contributed by atoms with E-state index in [1.165, 1.54) is 10.6 Å². The minimum atomic E-state index is -0.162. The van der Waals surface area contributed by atoms with Gasteiger partial charge in [0.25, 0.3) is 5.91 Å². The second-order valence-electron chi connectivity index (χ2n) is 7.91. The van der Waals surface area contributed by atoms with Gasteiger partial charge in [0.2, 0.25) is 0 Å². The van der Waals surface area contributed by atoms with Gasteiger partial charge in [-0.1, -0.05) is 0 Å². The van der Waals surface area contributed by atoms with E-state index in [0.717, 1.165) is 70.6 Å². The number of amides is 3. The molecule has 0 aliphatic carbocycles. The highest BCUT2D eigenvalue weighted by Gasteiger charge is 2.46. The summed E-state index contributed by atoms with van der Waals surface area (Å²) in [6.45, 7) is 6.80. The molecule has 1 aromatic carbocycles. The number of nitrogens with two attached hydrogens (primary N) is 1. The number of fused-ring (bicyclic) bond motifs is 1. The molecule has 3 heterocycles. The molecule has 3 fully saturated rings. The number of anilines is 2. The van der Waals surface area contributed by atoms with Crippen molar-refractivity contribution in [3.63, 3.8) is 0 Å². The first-order valence-electron chi connectivity index (χ1n) is 10.2. The standard InChI is InChI=1S/C20H29N5O2/c21-16-5-7-17(8-6-16)23-14-12-22(13-15-23)9-1-2-10-25-19(26)18-4-3-11-24(18)20(25)27/h5-8,18H,1-4,9-15,21H2/p+1/t18-/m0/s1. The van der Waals surface area contributed by atoms with Gasteiger partial charge in [-0.25, -0.2) is 4.79 Å². The zero-order valence-electron chi connectivity index (χ0n) is 15.9. The molecule has 0 aromatic heterocycles. The Kier molecular flexibility index (Phi) is 5.20. The molecule has 27 heavy (non-hydrogen) atoms. The maximum Gasteiger partial charge on any atom is 0.327 e. The third kappa shape index (κ3) is 3.74. The van der Waals surface area contributed by atoms with Gasteiger partial charge in [0.05, 0.1) is 32.7 Å². The van der Waals surface area contributed by atoms with Crippen molar-refractivity contribution in [2.24, 2.45) is 0 Å². The Hall–Kier alpha value is -2.28. The SMILES string of the molecule is Nc1ccc(N2CC[NH+](CCCCN3C(=O)[C@@H]4CCCN4C3=O)CC2)cc1. The number of carbonyl (C=O) groups is 2. The molecule has 4 rings (SSSR count). The predicted octanol–water partition coefficient (Wildman–Crippen LogP) is 0.181. The van der Waals surface area contributed by atoms with E-state index >= 15 is 0 Å². The second-order valence-corrected chi connectivity index (χ2v) is 7.91. The summed E-state index contributed by atoms with van der Waals surface area (Å²) in [6, 6.07) is 7.88. The van der Waals surface area contributed by atoms with Crippen molar-refractivity contribution in [1.82, 2.24) is 9.80 Å². The molecule has 7 nitrogen and oxygen atoms in total. The third-order valence-electron chi connectivity index (χ3n) is 6.17. The molecule has 0 bridgehead atoms. The fraction of sp³-hybridized carbons (Fsp3) is 0.600. The summed E-state index contributed by atoms with van der Waals surface area (Å²) < 4.78 is 0. The van der Waals surface area contributed by atoms with Crippen LogP contribution in [0.4, 0.5) is 16.2 Å². The van der Waals surface area contributed by atoms with Gasteiger partial charge >= 0.3 is 6.03 Å². The molecule has 1 aromatic rings. The molecule has 146 valence electrons. The maximum atomic E-state index is 12.3. The Bertz CT molecular complexity index is 662. The Morgan fingerprint density at radius 3 is 2.48 bits per heavy atom. The first kappa shape index (κ1) is 18.1. The van der Waals surface area contributed by atoms with E-state index in [0.29, 0.717) is 6.54 Å². The number of hydrogen-bond acceptors (Lipinski definition) is 4. The number of quaternary nitrogens is 1. The van der Waals surface area contributed by atoms with Crippen molar-refractivity contribution in [2.75, 3.05) is 56.4 Å². The van der Waals surface area contributed by atoms with Crippen LogP contribution in [0.25, 0.3) is 0 Å². The summed E-state index contributed by atoms with van der Waals surface area (Å²) in [5.41, 5.74) is 7.81. The van der Waals surface area contributed by atoms with Gasteiger partial charge < -0.3 is 20.4 Å². The monoisotopic (exact) mass is 372 g/mol. The average Bonchev–Trinajstić information content (AvgIpc) is 3.25. The van der Waals surface area contributed by atoms with Crippen molar-refractivity contribution in [2.45, 2.75) is 31.7 Å². The normalized spacial score (nSPS) is 23.4. The highest BCUT2D eigenvalue weighted by atomic mass is 16.2. The smallest absolute Gasteiger partial charge is 0.327 e. The zero-order chi connectivity index (χ0) is 18.8. The summed E-state index contributed by atoms with van der Waals surface area (Å²) >= 11 is 0. The van der Waals surface area contributed by atoms with Crippen LogP contribution in [0.3, 0.4) is 0 Å². The fourth-order valence-corrected chi connectivity index (χ4v) is 4.55. The molecule has 3 N–H and O–H groups in total. The van der Waals surface area contributed by atoms with Gasteiger partial charge in [0, 0.05) is 24.5 Å². The quantitative estimate of drug-likeness (QED) is 0.424. The van der Waals surface area contributed by atoms with Crippen LogP contribution < -0.4 is 15.5 Å². The van der Waals surface area contributed by atoms with Crippen LogP contribution in [-0.4, -0.2) is 73.6 Å². The van der Waals surface area contributed by atoms with E-state index < -0.39 is 0 Å². The number of benzene rings is 1. The number of piperazine rings is 1. The van der Waals surface area contributed by atoms with Crippen LogP contribution in [0, 0.1) is 0 Å². The molecule has 1 atom stereocenters. The number of rotatable bonds is 6. The summed E-state index contributed by atoms with van der Waals surface area (Å²) in [7, 11) is 0. The van der Waals surface area contributed by atoms with Gasteiger partial charge in [-0.3, -0.25) is 9.69 Å². The van der Waals surface area contributed by atoms with Gasteiger partial charge in [-0.2, -0.15) is 0 Å². The molecule has 0 radical (unpaired) electrons. The van der Waals surface area contributed by atoms with Crippen LogP contribution in [0.2, 0.25) is 0 Å². The van der Waals surface area contributed by atoms with E-state index in [4.69, 9.17) is 5.73 Å². The number of unbranched alkanes of at least 4 members (excludes halogenated alkanes) is 1. The van der Waals surface area contributed by atoms with Gasteiger partial charge in [0.15, 0.2) is 0 Å². The first-order chi connectivity index (χ1) is 13.1. The number of imide groups is 1. The predicted molar refractivity (Wildman–Crippen MR) is 105 cm³/mol. The molecule has 3 aliphatic heterocycles. The second kappa shape index (κ2) is 7.76. The molecule has 3 aliphatic rings. The third-order valence-corrected chi connectivity index (χ3v) is 6.17. The van der Waals surface area contributed by atoms with Crippen molar-refractivity contribution >= 4 is 23.3 Å². The Morgan fingerprint density at radius 1 is 1.04 bits per heavy atom. The molecular weight excluding hydrogens is 342 g/mol. The van der Waals surface area contributed by atoms with E-state index in [9.17, 15) is 9.59 Å². The highest BCUT2D eigenvalue weighted by Crippen LogP contribution is 2.27. The molecule has 3 saturated heterocycles. The van der Waals surface area contributed by atoms with Gasteiger partial charge in [0.1, 0.15) is 6.04 Å². The summed E-state index contributed by atoms with van der Waals surface area (Å²) in [5, 5.41) is 0. The summed E-state index contributed by atoms with van der Waals surface area (Å²) in [6.07, 6.45) is 3.76. The van der Waals surface area contributed by atoms with E-state index in [2.05, 4.69) is 17.0 Å². The topological polar surface area (TPSA) is 74.3 Å². The summed E-state index contributed by atoms with van der Waals surface area (Å²) in [5.74, 6) is 0.0296. The lowest BCUT2D eigenvalue weighted by molar-refractivity contribution is -0.900. The van der Waals surface area contributed by atoms with Crippen LogP contribution in [0.1, 0.15) is 25.7 Å². The van der Waals surface area contributed by atoms with E-state index in [1.807, 2.05) is 12.1 Å². The fourth-order valence-electron chi connectivity index (χ4n) is 4.55. The number of hydrogen-bond donors (Lipinski definition) is 2. The number of nitrogens with one attached hydrogen (secondary N) is 1. The van der Waals surface area contributed by atoms with Crippen molar-refractivity contribution in [3.8, 4) is 0 Å². The number of nitrogens with zero attached hydrogens (tertiary/aromatic N) is 3. The van der Waals surface area contributed by atoms with Crippen molar-refractivity contribution < 1.29 is 14.5 Å². The lowest BCUT2D eigenvalue weighted by Gasteiger charge is -2.33. The minimum Gasteiger partial charge on any atom is -0.399 e. The van der Waals surface area contributed by atoms with Crippen molar-refractivity contribution in [1.29, 1.82) is 0 Å². The zero-order valence-corrected chi connectivity index (χ0v) is 15.9. The van der Waals surface area contributed by atoms with Crippen LogP contribution >= 0.6 is 0 Å². The average molecular weight is 372 g/mol. The maximum absolute atomic E-state index is 12.3. The van der Waals surface area contributed by atoms with Crippen LogP contribution in [0.5, 0.6) is 0 Å².